The molecule has 0 N–H and O–H groups in total. The summed E-state index contributed by atoms with van der Waals surface area (Å²) in [5.74, 6) is 1.23. The van der Waals surface area contributed by atoms with Crippen LogP contribution in [0.3, 0.4) is 0 Å². The molecule has 0 spiro atoms. The molecular weight excluding hydrogens is 320 g/mol. The van der Waals surface area contributed by atoms with Crippen molar-refractivity contribution >= 4 is 5.91 Å². The summed E-state index contributed by atoms with van der Waals surface area (Å²) in [6.07, 6.45) is 5.59. The molecular formula is C18H24N4O3. The standard InChI is InChI=1S/C18H24N4O3/c1-24-15-3-4-16(17(13-15)25-2)18(23)22-11-9-20(10-12-22)7-8-21-6-5-19-14-21/h3-6,13-14H,7-12H2,1-2H3. The van der Waals surface area contributed by atoms with Crippen molar-refractivity contribution in [2.45, 2.75) is 6.54 Å². The van der Waals surface area contributed by atoms with Gasteiger partial charge in [-0.15, -0.1) is 0 Å². The lowest BCUT2D eigenvalue weighted by atomic mass is 10.1. The molecule has 1 saturated heterocycles. The Morgan fingerprint density at radius 1 is 1.12 bits per heavy atom. The van der Waals surface area contributed by atoms with Crippen LogP contribution in [0.15, 0.2) is 36.9 Å². The van der Waals surface area contributed by atoms with E-state index in [9.17, 15) is 4.79 Å². The van der Waals surface area contributed by atoms with Crippen molar-refractivity contribution in [3.8, 4) is 11.5 Å². The molecule has 1 amide bonds. The highest BCUT2D eigenvalue weighted by Gasteiger charge is 2.24. The molecule has 1 aromatic carbocycles. The molecule has 25 heavy (non-hydrogen) atoms. The predicted octanol–water partition coefficient (Wildman–Crippen LogP) is 1.36. The van der Waals surface area contributed by atoms with Gasteiger partial charge in [0, 0.05) is 57.7 Å². The molecule has 3 rings (SSSR count). The zero-order chi connectivity index (χ0) is 17.6. The first-order chi connectivity index (χ1) is 12.2. The first kappa shape index (κ1) is 17.3. The summed E-state index contributed by atoms with van der Waals surface area (Å²) in [5.41, 5.74) is 0.579. The molecule has 0 aliphatic carbocycles. The van der Waals surface area contributed by atoms with Gasteiger partial charge in [-0.3, -0.25) is 9.69 Å². The van der Waals surface area contributed by atoms with Crippen LogP contribution in [0.25, 0.3) is 0 Å². The number of methoxy groups -OCH3 is 2. The fourth-order valence-electron chi connectivity index (χ4n) is 3.00. The molecule has 1 fully saturated rings. The van der Waals surface area contributed by atoms with E-state index >= 15 is 0 Å². The molecule has 7 nitrogen and oxygen atoms in total. The monoisotopic (exact) mass is 344 g/mol. The largest absolute Gasteiger partial charge is 0.497 e. The van der Waals surface area contributed by atoms with Crippen molar-refractivity contribution < 1.29 is 14.3 Å². The van der Waals surface area contributed by atoms with E-state index in [2.05, 4.69) is 14.5 Å². The fourth-order valence-corrected chi connectivity index (χ4v) is 3.00. The number of hydrogen-bond donors (Lipinski definition) is 0. The Balaban J connectivity index is 1.56. The summed E-state index contributed by atoms with van der Waals surface area (Å²) in [6, 6.07) is 5.30. The molecule has 134 valence electrons. The molecule has 1 aliphatic heterocycles. The lowest BCUT2D eigenvalue weighted by molar-refractivity contribution is 0.0630. The normalized spacial score (nSPS) is 15.2. The highest BCUT2D eigenvalue weighted by molar-refractivity contribution is 5.97. The topological polar surface area (TPSA) is 59.8 Å². The summed E-state index contributed by atoms with van der Waals surface area (Å²) in [6.45, 7) is 5.07. The number of aromatic nitrogens is 2. The Hall–Kier alpha value is -2.54. The molecule has 0 bridgehead atoms. The minimum atomic E-state index is 0.00811. The summed E-state index contributed by atoms with van der Waals surface area (Å²) in [5, 5.41) is 0. The van der Waals surface area contributed by atoms with Crippen molar-refractivity contribution in [1.29, 1.82) is 0 Å². The highest BCUT2D eigenvalue weighted by Crippen LogP contribution is 2.26. The van der Waals surface area contributed by atoms with Crippen LogP contribution in [0, 0.1) is 0 Å². The SMILES string of the molecule is COc1ccc(C(=O)N2CCN(CCn3ccnc3)CC2)c(OC)c1. The maximum atomic E-state index is 12.8. The van der Waals surface area contributed by atoms with Crippen molar-refractivity contribution in [2.75, 3.05) is 46.9 Å². The van der Waals surface area contributed by atoms with Crippen LogP contribution in [0.5, 0.6) is 11.5 Å². The second-order valence-electron chi connectivity index (χ2n) is 6.00. The third kappa shape index (κ3) is 4.11. The zero-order valence-corrected chi connectivity index (χ0v) is 14.7. The quantitative estimate of drug-likeness (QED) is 0.792. The smallest absolute Gasteiger partial charge is 0.257 e. The number of imidazole rings is 1. The summed E-state index contributed by atoms with van der Waals surface area (Å²) in [4.78, 5) is 21.1. The summed E-state index contributed by atoms with van der Waals surface area (Å²) >= 11 is 0. The summed E-state index contributed by atoms with van der Waals surface area (Å²) in [7, 11) is 3.17. The van der Waals surface area contributed by atoms with E-state index < -0.39 is 0 Å². The van der Waals surface area contributed by atoms with E-state index in [1.54, 1.807) is 38.6 Å². The molecule has 7 heteroatoms. The van der Waals surface area contributed by atoms with Crippen molar-refractivity contribution in [3.63, 3.8) is 0 Å². The third-order valence-electron chi connectivity index (χ3n) is 4.53. The first-order valence-corrected chi connectivity index (χ1v) is 8.40. The molecule has 2 heterocycles. The van der Waals surface area contributed by atoms with Gasteiger partial charge in [0.05, 0.1) is 26.1 Å². The van der Waals surface area contributed by atoms with Gasteiger partial charge in [-0.1, -0.05) is 0 Å². The Labute approximate surface area is 147 Å². The van der Waals surface area contributed by atoms with E-state index in [-0.39, 0.29) is 5.91 Å². The first-order valence-electron chi connectivity index (χ1n) is 8.40. The lowest BCUT2D eigenvalue weighted by Crippen LogP contribution is -2.49. The zero-order valence-electron chi connectivity index (χ0n) is 14.7. The van der Waals surface area contributed by atoms with Gasteiger partial charge in [0.1, 0.15) is 11.5 Å². The Kier molecular flexibility index (Phi) is 5.55. The van der Waals surface area contributed by atoms with Crippen LogP contribution in [-0.4, -0.2) is 72.2 Å². The molecule has 2 aromatic rings. The molecule has 0 saturated carbocycles. The fraction of sp³-hybridized carbons (Fsp3) is 0.444. The van der Waals surface area contributed by atoms with Crippen molar-refractivity contribution in [3.05, 3.63) is 42.5 Å². The Morgan fingerprint density at radius 2 is 1.92 bits per heavy atom. The number of piperazine rings is 1. The van der Waals surface area contributed by atoms with Crippen LogP contribution in [-0.2, 0) is 6.54 Å². The van der Waals surface area contributed by atoms with Crippen LogP contribution < -0.4 is 9.47 Å². The number of benzene rings is 1. The van der Waals surface area contributed by atoms with E-state index in [1.807, 2.05) is 17.4 Å². The van der Waals surface area contributed by atoms with Crippen molar-refractivity contribution in [1.82, 2.24) is 19.4 Å². The predicted molar refractivity (Wildman–Crippen MR) is 94.1 cm³/mol. The Bertz CT molecular complexity index is 694. The van der Waals surface area contributed by atoms with Crippen LogP contribution in [0.1, 0.15) is 10.4 Å². The Morgan fingerprint density at radius 3 is 2.56 bits per heavy atom. The third-order valence-corrected chi connectivity index (χ3v) is 4.53. The van der Waals surface area contributed by atoms with Gasteiger partial charge in [-0.2, -0.15) is 0 Å². The number of hydrogen-bond acceptors (Lipinski definition) is 5. The maximum Gasteiger partial charge on any atom is 0.257 e. The van der Waals surface area contributed by atoms with Gasteiger partial charge in [-0.25, -0.2) is 4.98 Å². The van der Waals surface area contributed by atoms with Gasteiger partial charge >= 0.3 is 0 Å². The molecule has 0 unspecified atom stereocenters. The minimum absolute atomic E-state index is 0.00811. The molecule has 1 aromatic heterocycles. The van der Waals surface area contributed by atoms with Gasteiger partial charge in [-0.05, 0) is 12.1 Å². The second kappa shape index (κ2) is 8.02. The average Bonchev–Trinajstić information content (AvgIpc) is 3.19. The number of nitrogens with zero attached hydrogens (tertiary/aromatic N) is 4. The van der Waals surface area contributed by atoms with Gasteiger partial charge in [0.15, 0.2) is 0 Å². The van der Waals surface area contributed by atoms with E-state index in [4.69, 9.17) is 9.47 Å². The maximum absolute atomic E-state index is 12.8. The number of ether oxygens (including phenoxy) is 2. The second-order valence-corrected chi connectivity index (χ2v) is 6.00. The van der Waals surface area contributed by atoms with E-state index in [0.29, 0.717) is 17.1 Å². The van der Waals surface area contributed by atoms with Crippen LogP contribution in [0.2, 0.25) is 0 Å². The molecule has 0 atom stereocenters. The lowest BCUT2D eigenvalue weighted by Gasteiger charge is -2.35. The van der Waals surface area contributed by atoms with Gasteiger partial charge in [0.25, 0.3) is 5.91 Å². The highest BCUT2D eigenvalue weighted by atomic mass is 16.5. The number of carbonyl (C=O) groups is 1. The average molecular weight is 344 g/mol. The van der Waals surface area contributed by atoms with E-state index in [1.165, 1.54) is 0 Å². The van der Waals surface area contributed by atoms with Gasteiger partial charge < -0.3 is 18.9 Å². The summed E-state index contributed by atoms with van der Waals surface area (Å²) < 4.78 is 12.6. The molecule has 1 aliphatic rings. The van der Waals surface area contributed by atoms with Gasteiger partial charge in [0.2, 0.25) is 0 Å². The van der Waals surface area contributed by atoms with E-state index in [0.717, 1.165) is 39.3 Å². The number of amides is 1. The molecule has 0 radical (unpaired) electrons. The van der Waals surface area contributed by atoms with Crippen LogP contribution >= 0.6 is 0 Å². The van der Waals surface area contributed by atoms with Crippen molar-refractivity contribution in [2.24, 2.45) is 0 Å². The minimum Gasteiger partial charge on any atom is -0.497 e. The number of carbonyl (C=O) groups excluding carboxylic acids is 1. The number of rotatable bonds is 6. The van der Waals surface area contributed by atoms with Crippen LogP contribution in [0.4, 0.5) is 0 Å².